The molecule has 0 atom stereocenters. The molecule has 0 aromatic heterocycles. The summed E-state index contributed by atoms with van der Waals surface area (Å²) >= 11 is 4.75. The molecule has 0 bridgehead atoms. The lowest BCUT2D eigenvalue weighted by molar-refractivity contribution is 0.289. The monoisotopic (exact) mass is 304 g/mol. The summed E-state index contributed by atoms with van der Waals surface area (Å²) in [6.07, 6.45) is 8.30. The Balaban J connectivity index is 1.82. The van der Waals surface area contributed by atoms with Crippen LogP contribution >= 0.6 is 12.6 Å². The van der Waals surface area contributed by atoms with Crippen LogP contribution in [0.5, 0.6) is 0 Å². The van der Waals surface area contributed by atoms with Crippen LogP contribution in [0.1, 0.15) is 38.5 Å². The fraction of sp³-hybridized carbons (Fsp3) is 0.667. The summed E-state index contributed by atoms with van der Waals surface area (Å²) in [6.45, 7) is 3.45. The number of fused-ring (bicyclic) bond motifs is 1. The molecular weight excluding hydrogens is 276 g/mol. The van der Waals surface area contributed by atoms with Crippen LogP contribution in [0.15, 0.2) is 24.3 Å². The number of hydrogen-bond donors (Lipinski definition) is 1. The van der Waals surface area contributed by atoms with Crippen LogP contribution in [0.25, 0.3) is 0 Å². The molecule has 3 heteroatoms. The maximum atomic E-state index is 4.75. The number of likely N-dealkylation sites (N-methyl/N-ethyl adjacent to an activating group) is 1. The molecule has 1 heterocycles. The van der Waals surface area contributed by atoms with E-state index in [0.29, 0.717) is 5.41 Å². The average Bonchev–Trinajstić information content (AvgIpc) is 2.77. The topological polar surface area (TPSA) is 6.48 Å². The van der Waals surface area contributed by atoms with E-state index in [9.17, 15) is 0 Å². The van der Waals surface area contributed by atoms with E-state index in [2.05, 4.69) is 41.1 Å². The van der Waals surface area contributed by atoms with Gasteiger partial charge in [0, 0.05) is 26.7 Å². The summed E-state index contributed by atoms with van der Waals surface area (Å²) in [4.78, 5) is 5.00. The van der Waals surface area contributed by atoms with Crippen molar-refractivity contribution in [1.29, 1.82) is 0 Å². The largest absolute Gasteiger partial charge is 0.371 e. The van der Waals surface area contributed by atoms with E-state index < -0.39 is 0 Å². The van der Waals surface area contributed by atoms with Gasteiger partial charge in [-0.05, 0) is 36.1 Å². The minimum atomic E-state index is 0.419. The summed E-state index contributed by atoms with van der Waals surface area (Å²) in [6, 6.07) is 8.86. The zero-order valence-electron chi connectivity index (χ0n) is 13.2. The molecule has 1 aromatic carbocycles. The number of anilines is 2. The molecule has 0 radical (unpaired) electrons. The van der Waals surface area contributed by atoms with Crippen LogP contribution in [0.4, 0.5) is 11.4 Å². The van der Waals surface area contributed by atoms with Crippen LogP contribution in [-0.4, -0.2) is 32.4 Å². The van der Waals surface area contributed by atoms with Gasteiger partial charge in [-0.1, -0.05) is 37.8 Å². The van der Waals surface area contributed by atoms with E-state index in [1.807, 2.05) is 0 Å². The number of rotatable bonds is 3. The van der Waals surface area contributed by atoms with Crippen LogP contribution in [0.3, 0.4) is 0 Å². The minimum absolute atomic E-state index is 0.419. The number of thiol groups is 1. The molecule has 0 saturated heterocycles. The van der Waals surface area contributed by atoms with Gasteiger partial charge in [-0.2, -0.15) is 12.6 Å². The predicted molar refractivity (Wildman–Crippen MR) is 95.9 cm³/mol. The Morgan fingerprint density at radius 3 is 2.33 bits per heavy atom. The summed E-state index contributed by atoms with van der Waals surface area (Å²) in [7, 11) is 2.20. The molecule has 3 rings (SSSR count). The summed E-state index contributed by atoms with van der Waals surface area (Å²) in [5, 5.41) is 0. The third-order valence-corrected chi connectivity index (χ3v) is 6.04. The highest BCUT2D eigenvalue weighted by Gasteiger charge is 2.33. The standard InChI is InChI=1S/C18H28N2S/c1-19-12-13-20(17-9-5-4-8-16(17)19)14-18(15-21)10-6-2-3-7-11-18/h4-5,8-9,21H,2-3,6-7,10-15H2,1H3. The molecule has 0 amide bonds. The second-order valence-corrected chi connectivity index (χ2v) is 7.22. The van der Waals surface area contributed by atoms with Crippen molar-refractivity contribution in [3.05, 3.63) is 24.3 Å². The molecular formula is C18H28N2S. The zero-order valence-corrected chi connectivity index (χ0v) is 14.1. The highest BCUT2D eigenvalue weighted by Crippen LogP contribution is 2.40. The van der Waals surface area contributed by atoms with Crippen molar-refractivity contribution in [3.8, 4) is 0 Å². The van der Waals surface area contributed by atoms with Crippen molar-refractivity contribution in [3.63, 3.8) is 0 Å². The maximum Gasteiger partial charge on any atom is 0.0604 e. The highest BCUT2D eigenvalue weighted by atomic mass is 32.1. The van der Waals surface area contributed by atoms with Crippen LogP contribution in [-0.2, 0) is 0 Å². The van der Waals surface area contributed by atoms with Gasteiger partial charge in [0.15, 0.2) is 0 Å². The molecule has 1 aromatic rings. The Morgan fingerprint density at radius 1 is 1.00 bits per heavy atom. The van der Waals surface area contributed by atoms with Crippen LogP contribution in [0.2, 0.25) is 0 Å². The number of benzene rings is 1. The zero-order chi connectivity index (χ0) is 14.7. The Labute approximate surface area is 134 Å². The van der Waals surface area contributed by atoms with Gasteiger partial charge in [-0.15, -0.1) is 0 Å². The van der Waals surface area contributed by atoms with Crippen LogP contribution in [0, 0.1) is 5.41 Å². The van der Waals surface area contributed by atoms with Crippen molar-refractivity contribution in [1.82, 2.24) is 0 Å². The average molecular weight is 305 g/mol. The molecule has 1 saturated carbocycles. The SMILES string of the molecule is CN1CCN(CC2(CS)CCCCCC2)c2ccccc21. The van der Waals surface area contributed by atoms with E-state index in [4.69, 9.17) is 12.6 Å². The van der Waals surface area contributed by atoms with Gasteiger partial charge in [0.05, 0.1) is 11.4 Å². The lowest BCUT2D eigenvalue weighted by Crippen LogP contribution is -2.45. The molecule has 0 unspecified atom stereocenters. The number of hydrogen-bond acceptors (Lipinski definition) is 3. The Bertz CT molecular complexity index is 466. The second kappa shape index (κ2) is 6.51. The molecule has 1 aliphatic heterocycles. The number of nitrogens with zero attached hydrogens (tertiary/aromatic N) is 2. The highest BCUT2D eigenvalue weighted by molar-refractivity contribution is 7.80. The van der Waals surface area contributed by atoms with Crippen molar-refractivity contribution < 1.29 is 0 Å². The van der Waals surface area contributed by atoms with E-state index in [-0.39, 0.29) is 0 Å². The Hall–Kier alpha value is -0.830. The number of para-hydroxylation sites is 2. The summed E-state index contributed by atoms with van der Waals surface area (Å²) in [5.41, 5.74) is 3.21. The molecule has 1 fully saturated rings. The first-order chi connectivity index (χ1) is 10.2. The third-order valence-electron chi connectivity index (χ3n) is 5.36. The molecule has 0 N–H and O–H groups in total. The normalized spacial score (nSPS) is 21.8. The molecule has 2 nitrogen and oxygen atoms in total. The molecule has 1 aliphatic carbocycles. The van der Waals surface area contributed by atoms with Gasteiger partial charge in [0.1, 0.15) is 0 Å². The summed E-state index contributed by atoms with van der Waals surface area (Å²) in [5.74, 6) is 1.03. The Kier molecular flexibility index (Phi) is 4.68. The van der Waals surface area contributed by atoms with E-state index in [1.54, 1.807) is 0 Å². The molecule has 21 heavy (non-hydrogen) atoms. The predicted octanol–water partition coefficient (Wildman–Crippen LogP) is 4.21. The smallest absolute Gasteiger partial charge is 0.0604 e. The first kappa shape index (κ1) is 15.1. The van der Waals surface area contributed by atoms with E-state index in [0.717, 1.165) is 18.8 Å². The van der Waals surface area contributed by atoms with Gasteiger partial charge in [-0.25, -0.2) is 0 Å². The molecule has 116 valence electrons. The van der Waals surface area contributed by atoms with Crippen molar-refractivity contribution >= 4 is 24.0 Å². The molecule has 0 spiro atoms. The van der Waals surface area contributed by atoms with E-state index in [1.165, 1.54) is 56.4 Å². The van der Waals surface area contributed by atoms with Crippen molar-refractivity contribution in [2.45, 2.75) is 38.5 Å². The van der Waals surface area contributed by atoms with Crippen LogP contribution < -0.4 is 9.80 Å². The van der Waals surface area contributed by atoms with E-state index >= 15 is 0 Å². The van der Waals surface area contributed by atoms with Crippen molar-refractivity contribution in [2.75, 3.05) is 42.2 Å². The van der Waals surface area contributed by atoms with Gasteiger partial charge in [0.25, 0.3) is 0 Å². The maximum absolute atomic E-state index is 4.75. The third kappa shape index (κ3) is 3.18. The second-order valence-electron chi connectivity index (χ2n) is 6.90. The molecule has 2 aliphatic rings. The van der Waals surface area contributed by atoms with Gasteiger partial charge in [-0.3, -0.25) is 0 Å². The lowest BCUT2D eigenvalue weighted by atomic mass is 9.81. The first-order valence-corrected chi connectivity index (χ1v) is 9.03. The first-order valence-electron chi connectivity index (χ1n) is 8.40. The fourth-order valence-corrected chi connectivity index (χ4v) is 4.40. The fourth-order valence-electron chi connectivity index (χ4n) is 3.98. The van der Waals surface area contributed by atoms with Gasteiger partial charge in [0.2, 0.25) is 0 Å². The summed E-state index contributed by atoms with van der Waals surface area (Å²) < 4.78 is 0. The Morgan fingerprint density at radius 2 is 1.67 bits per heavy atom. The minimum Gasteiger partial charge on any atom is -0.371 e. The van der Waals surface area contributed by atoms with Crippen molar-refractivity contribution in [2.24, 2.45) is 5.41 Å². The van der Waals surface area contributed by atoms with Gasteiger partial charge < -0.3 is 9.80 Å². The quantitative estimate of drug-likeness (QED) is 0.660. The van der Waals surface area contributed by atoms with Gasteiger partial charge >= 0.3 is 0 Å². The lowest BCUT2D eigenvalue weighted by Gasteiger charge is -2.43.